The largest absolute Gasteiger partial charge is 0.469 e. The summed E-state index contributed by atoms with van der Waals surface area (Å²) in [5.41, 5.74) is 1.84. The van der Waals surface area contributed by atoms with Gasteiger partial charge in [-0.2, -0.15) is 0 Å². The average Bonchev–Trinajstić information content (AvgIpc) is 3.22. The van der Waals surface area contributed by atoms with Crippen molar-refractivity contribution in [1.82, 2.24) is 9.71 Å². The number of carbonyl (C=O) groups excluding carboxylic acids is 1. The van der Waals surface area contributed by atoms with Crippen LogP contribution in [0.5, 0.6) is 0 Å². The van der Waals surface area contributed by atoms with Crippen LogP contribution in [-0.4, -0.2) is 32.2 Å². The van der Waals surface area contributed by atoms with Gasteiger partial charge in [0.1, 0.15) is 0 Å². The molecule has 0 aromatic carbocycles. The van der Waals surface area contributed by atoms with E-state index >= 15 is 0 Å². The molecule has 6 nitrogen and oxygen atoms in total. The van der Waals surface area contributed by atoms with Crippen molar-refractivity contribution in [2.24, 2.45) is 11.8 Å². The number of aromatic nitrogens is 1. The first-order valence-electron chi connectivity index (χ1n) is 7.62. The van der Waals surface area contributed by atoms with Gasteiger partial charge in [0.15, 0.2) is 0 Å². The van der Waals surface area contributed by atoms with Crippen LogP contribution in [0.25, 0.3) is 0 Å². The topological polar surface area (TPSA) is 85.4 Å². The number of sulfonamides is 1. The van der Waals surface area contributed by atoms with Crippen LogP contribution >= 0.6 is 0 Å². The Morgan fingerprint density at radius 3 is 2.70 bits per heavy atom. The Bertz CT molecular complexity index is 680. The predicted molar refractivity (Wildman–Crippen MR) is 87.2 cm³/mol. The summed E-state index contributed by atoms with van der Waals surface area (Å²) in [6.45, 7) is 6.45. The van der Waals surface area contributed by atoms with Crippen LogP contribution in [0.2, 0.25) is 0 Å². The third kappa shape index (κ3) is 5.00. The van der Waals surface area contributed by atoms with Crippen LogP contribution in [0, 0.1) is 11.8 Å². The zero-order chi connectivity index (χ0) is 17.3. The number of ether oxygens (including phenoxy) is 1. The van der Waals surface area contributed by atoms with Crippen molar-refractivity contribution < 1.29 is 17.9 Å². The maximum absolute atomic E-state index is 12.1. The Balaban J connectivity index is 1.92. The molecule has 7 heteroatoms. The number of methoxy groups -OCH3 is 1. The second-order valence-electron chi connectivity index (χ2n) is 7.06. The number of hydrogen-bond acceptors (Lipinski definition) is 5. The summed E-state index contributed by atoms with van der Waals surface area (Å²) in [6, 6.07) is 1.96. The number of nitrogens with one attached hydrogen (secondary N) is 1. The number of pyridine rings is 1. The predicted octanol–water partition coefficient (Wildman–Crippen LogP) is 1.61. The monoisotopic (exact) mass is 340 g/mol. The zero-order valence-electron chi connectivity index (χ0n) is 14.0. The highest BCUT2D eigenvalue weighted by molar-refractivity contribution is 7.89. The zero-order valence-corrected chi connectivity index (χ0v) is 14.8. The molecule has 0 spiro atoms. The minimum atomic E-state index is -3.43. The van der Waals surface area contributed by atoms with E-state index in [0.29, 0.717) is 6.42 Å². The van der Waals surface area contributed by atoms with Crippen LogP contribution < -0.4 is 4.72 Å². The molecule has 1 N–H and O–H groups in total. The summed E-state index contributed by atoms with van der Waals surface area (Å²) in [4.78, 5) is 15.5. The molecular weight excluding hydrogens is 316 g/mol. The van der Waals surface area contributed by atoms with E-state index < -0.39 is 10.0 Å². The molecule has 1 saturated carbocycles. The summed E-state index contributed by atoms with van der Waals surface area (Å²) in [7, 11) is -2.11. The summed E-state index contributed by atoms with van der Waals surface area (Å²) < 4.78 is 31.4. The Kier molecular flexibility index (Phi) is 5.10. The fourth-order valence-corrected chi connectivity index (χ4v) is 3.84. The lowest BCUT2D eigenvalue weighted by Crippen LogP contribution is -2.27. The molecule has 1 heterocycles. The van der Waals surface area contributed by atoms with E-state index in [1.54, 1.807) is 12.4 Å². The molecule has 1 fully saturated rings. The summed E-state index contributed by atoms with van der Waals surface area (Å²) in [5.74, 6) is -0.784. The minimum Gasteiger partial charge on any atom is -0.469 e. The van der Waals surface area contributed by atoms with Crippen molar-refractivity contribution >= 4 is 16.0 Å². The summed E-state index contributed by atoms with van der Waals surface area (Å²) in [5, 5.41) is 0. The second-order valence-corrected chi connectivity index (χ2v) is 8.91. The molecule has 1 aromatic heterocycles. The maximum Gasteiger partial charge on any atom is 0.308 e. The van der Waals surface area contributed by atoms with Crippen molar-refractivity contribution in [1.29, 1.82) is 0 Å². The second kappa shape index (κ2) is 6.57. The molecule has 0 saturated heterocycles. The van der Waals surface area contributed by atoms with Gasteiger partial charge in [-0.05, 0) is 28.9 Å². The summed E-state index contributed by atoms with van der Waals surface area (Å²) in [6.07, 6.45) is 4.03. The molecule has 1 aliphatic rings. The van der Waals surface area contributed by atoms with Gasteiger partial charge in [0.2, 0.25) is 10.0 Å². The van der Waals surface area contributed by atoms with Crippen molar-refractivity contribution in [3.8, 4) is 0 Å². The first-order chi connectivity index (χ1) is 10.6. The lowest BCUT2D eigenvalue weighted by Gasteiger charge is -2.19. The molecule has 0 amide bonds. The fourth-order valence-electron chi connectivity index (χ4n) is 2.40. The molecule has 0 bridgehead atoms. The number of carbonyl (C=O) groups is 1. The van der Waals surface area contributed by atoms with Gasteiger partial charge in [-0.3, -0.25) is 9.78 Å². The molecule has 23 heavy (non-hydrogen) atoms. The van der Waals surface area contributed by atoms with Crippen LogP contribution in [-0.2, 0) is 31.5 Å². The van der Waals surface area contributed by atoms with Crippen molar-refractivity contribution in [3.63, 3.8) is 0 Å². The molecule has 1 aromatic rings. The van der Waals surface area contributed by atoms with Gasteiger partial charge in [-0.15, -0.1) is 0 Å². The van der Waals surface area contributed by atoms with E-state index in [0.717, 1.165) is 11.1 Å². The van der Waals surface area contributed by atoms with Gasteiger partial charge in [-0.1, -0.05) is 26.8 Å². The quantitative estimate of drug-likeness (QED) is 0.795. The maximum atomic E-state index is 12.1. The van der Waals surface area contributed by atoms with E-state index in [-0.39, 0.29) is 35.5 Å². The van der Waals surface area contributed by atoms with Crippen LogP contribution in [0.4, 0.5) is 0 Å². The smallest absolute Gasteiger partial charge is 0.308 e. The van der Waals surface area contributed by atoms with Gasteiger partial charge in [0, 0.05) is 18.9 Å². The fraction of sp³-hybridized carbons (Fsp3) is 0.625. The van der Waals surface area contributed by atoms with Crippen molar-refractivity contribution in [2.75, 3.05) is 12.9 Å². The Morgan fingerprint density at radius 2 is 2.09 bits per heavy atom. The first kappa shape index (κ1) is 17.9. The highest BCUT2D eigenvalue weighted by atomic mass is 32.2. The number of rotatable bonds is 6. The SMILES string of the molecule is COC(=O)[C@@H]1C[C@H]1CS(=O)(=O)NCc1cncc(C(C)(C)C)c1. The number of esters is 1. The Hall–Kier alpha value is -1.47. The van der Waals surface area contributed by atoms with Gasteiger partial charge < -0.3 is 4.74 Å². The molecule has 0 unspecified atom stereocenters. The third-order valence-corrected chi connectivity index (χ3v) is 5.47. The van der Waals surface area contributed by atoms with Gasteiger partial charge in [0.25, 0.3) is 0 Å². The highest BCUT2D eigenvalue weighted by Crippen LogP contribution is 2.40. The number of hydrogen-bond donors (Lipinski definition) is 1. The normalized spacial score (nSPS) is 21.0. The average molecular weight is 340 g/mol. The van der Waals surface area contributed by atoms with Crippen LogP contribution in [0.1, 0.15) is 38.3 Å². The molecule has 1 aliphatic carbocycles. The molecule has 2 rings (SSSR count). The lowest BCUT2D eigenvalue weighted by atomic mass is 9.88. The highest BCUT2D eigenvalue weighted by Gasteiger charge is 2.46. The minimum absolute atomic E-state index is 0.0381. The van der Waals surface area contributed by atoms with E-state index in [9.17, 15) is 13.2 Å². The van der Waals surface area contributed by atoms with Crippen LogP contribution in [0.15, 0.2) is 18.5 Å². The van der Waals surface area contributed by atoms with Crippen molar-refractivity contribution in [2.45, 2.75) is 39.2 Å². The Labute approximate surface area is 137 Å². The van der Waals surface area contributed by atoms with Gasteiger partial charge in [0.05, 0.1) is 18.8 Å². The molecule has 0 radical (unpaired) electrons. The standard InChI is InChI=1S/C16H24N2O4S/c1-16(2,3)13-5-11(7-17-9-13)8-18-23(20,21)10-12-6-14(12)15(19)22-4/h5,7,9,12,14,18H,6,8,10H2,1-4H3/t12-,14+/m0/s1. The molecular formula is C16H24N2O4S. The van der Waals surface area contributed by atoms with E-state index in [2.05, 4.69) is 35.2 Å². The molecule has 128 valence electrons. The Morgan fingerprint density at radius 1 is 1.39 bits per heavy atom. The number of nitrogens with zero attached hydrogens (tertiary/aromatic N) is 1. The van der Waals surface area contributed by atoms with E-state index in [1.165, 1.54) is 7.11 Å². The van der Waals surface area contributed by atoms with Crippen molar-refractivity contribution in [3.05, 3.63) is 29.6 Å². The lowest BCUT2D eigenvalue weighted by molar-refractivity contribution is -0.142. The first-order valence-corrected chi connectivity index (χ1v) is 9.27. The molecule has 2 atom stereocenters. The van der Waals surface area contributed by atoms with Gasteiger partial charge >= 0.3 is 5.97 Å². The van der Waals surface area contributed by atoms with E-state index in [1.807, 2.05) is 6.07 Å². The van der Waals surface area contributed by atoms with Gasteiger partial charge in [-0.25, -0.2) is 13.1 Å². The van der Waals surface area contributed by atoms with Crippen LogP contribution in [0.3, 0.4) is 0 Å². The summed E-state index contributed by atoms with van der Waals surface area (Å²) >= 11 is 0. The molecule has 0 aliphatic heterocycles. The van der Waals surface area contributed by atoms with E-state index in [4.69, 9.17) is 0 Å². The third-order valence-electron chi connectivity index (χ3n) is 4.02.